The molecule has 0 spiro atoms. The molecule has 0 N–H and O–H groups in total. The second-order valence-corrected chi connectivity index (χ2v) is 3.62. The molecule has 0 bridgehead atoms. The summed E-state index contributed by atoms with van der Waals surface area (Å²) in [5, 5.41) is 0. The van der Waals surface area contributed by atoms with Gasteiger partial charge in [0.15, 0.2) is 0 Å². The smallest absolute Gasteiger partial charge is 0.263 e. The SMILES string of the molecule is Cc1ccc(N2C(=O)C(=O)N(C)C2=O)cc1. The number of imide groups is 2. The standard InChI is InChI=1S/C11H10N2O3/c1-7-3-5-8(6-4-7)13-10(15)9(14)12(2)11(13)16/h3-6H,1-2H3. The molecule has 0 unspecified atom stereocenters. The quantitative estimate of drug-likeness (QED) is 0.520. The first-order chi connectivity index (χ1) is 7.52. The molecule has 5 heteroatoms. The molecule has 82 valence electrons. The van der Waals surface area contributed by atoms with Gasteiger partial charge in [0.2, 0.25) is 0 Å². The van der Waals surface area contributed by atoms with E-state index in [1.54, 1.807) is 24.3 Å². The average Bonchev–Trinajstić information content (AvgIpc) is 2.46. The molecular formula is C11H10N2O3. The van der Waals surface area contributed by atoms with E-state index in [0.717, 1.165) is 15.4 Å². The van der Waals surface area contributed by atoms with E-state index >= 15 is 0 Å². The van der Waals surface area contributed by atoms with Crippen LogP contribution in [0.1, 0.15) is 5.56 Å². The predicted molar refractivity (Wildman–Crippen MR) is 56.8 cm³/mol. The fourth-order valence-electron chi connectivity index (χ4n) is 1.48. The van der Waals surface area contributed by atoms with E-state index in [2.05, 4.69) is 0 Å². The molecule has 2 rings (SSSR count). The van der Waals surface area contributed by atoms with Gasteiger partial charge in [-0.2, -0.15) is 0 Å². The highest BCUT2D eigenvalue weighted by Crippen LogP contribution is 2.21. The van der Waals surface area contributed by atoms with Gasteiger partial charge < -0.3 is 0 Å². The number of nitrogens with zero attached hydrogens (tertiary/aromatic N) is 2. The van der Waals surface area contributed by atoms with E-state index in [1.165, 1.54) is 7.05 Å². The second kappa shape index (κ2) is 3.44. The van der Waals surface area contributed by atoms with Gasteiger partial charge in [-0.05, 0) is 19.1 Å². The lowest BCUT2D eigenvalue weighted by Gasteiger charge is -2.12. The molecule has 1 fully saturated rings. The van der Waals surface area contributed by atoms with E-state index in [1.807, 2.05) is 6.92 Å². The van der Waals surface area contributed by atoms with Crippen molar-refractivity contribution in [1.82, 2.24) is 4.90 Å². The summed E-state index contributed by atoms with van der Waals surface area (Å²) in [5.74, 6) is -1.61. The zero-order valence-electron chi connectivity index (χ0n) is 8.93. The van der Waals surface area contributed by atoms with Gasteiger partial charge in [0.05, 0.1) is 5.69 Å². The van der Waals surface area contributed by atoms with Crippen LogP contribution >= 0.6 is 0 Å². The molecule has 16 heavy (non-hydrogen) atoms. The van der Waals surface area contributed by atoms with Crippen LogP contribution in [0.15, 0.2) is 24.3 Å². The van der Waals surface area contributed by atoms with Crippen LogP contribution in [0.3, 0.4) is 0 Å². The van der Waals surface area contributed by atoms with Crippen LogP contribution in [0.5, 0.6) is 0 Å². The van der Waals surface area contributed by atoms with Gasteiger partial charge in [0, 0.05) is 7.05 Å². The Morgan fingerprint density at radius 1 is 0.938 bits per heavy atom. The number of hydrogen-bond donors (Lipinski definition) is 0. The Labute approximate surface area is 92.3 Å². The highest BCUT2D eigenvalue weighted by molar-refractivity contribution is 6.52. The Hall–Kier alpha value is -2.17. The summed E-state index contributed by atoms with van der Waals surface area (Å²) in [7, 11) is 1.29. The summed E-state index contributed by atoms with van der Waals surface area (Å²) >= 11 is 0. The van der Waals surface area contributed by atoms with Crippen LogP contribution in [-0.4, -0.2) is 29.8 Å². The molecule has 4 amide bonds. The largest absolute Gasteiger partial charge is 0.338 e. The number of likely N-dealkylation sites (N-methyl/N-ethyl adjacent to an activating group) is 1. The highest BCUT2D eigenvalue weighted by atomic mass is 16.2. The van der Waals surface area contributed by atoms with Crippen molar-refractivity contribution in [2.24, 2.45) is 0 Å². The third-order valence-corrected chi connectivity index (χ3v) is 2.46. The maximum absolute atomic E-state index is 11.6. The Bertz CT molecular complexity index is 479. The highest BCUT2D eigenvalue weighted by Gasteiger charge is 2.42. The van der Waals surface area contributed by atoms with Crippen LogP contribution in [0.4, 0.5) is 10.5 Å². The molecule has 0 atom stereocenters. The van der Waals surface area contributed by atoms with E-state index in [0.29, 0.717) is 5.69 Å². The first kappa shape index (κ1) is 10.4. The molecule has 1 saturated heterocycles. The summed E-state index contributed by atoms with van der Waals surface area (Å²) in [4.78, 5) is 36.1. The minimum atomic E-state index is -0.809. The minimum Gasteiger partial charge on any atom is -0.263 e. The van der Waals surface area contributed by atoms with Crippen molar-refractivity contribution in [2.75, 3.05) is 11.9 Å². The van der Waals surface area contributed by atoms with Crippen LogP contribution in [-0.2, 0) is 9.59 Å². The first-order valence-corrected chi connectivity index (χ1v) is 4.75. The van der Waals surface area contributed by atoms with Gasteiger partial charge in [0.1, 0.15) is 0 Å². The van der Waals surface area contributed by atoms with Gasteiger partial charge in [-0.15, -0.1) is 0 Å². The normalized spacial score (nSPS) is 16.2. The molecule has 1 aromatic rings. The van der Waals surface area contributed by atoms with Gasteiger partial charge in [-0.1, -0.05) is 17.7 Å². The molecule has 0 radical (unpaired) electrons. The Kier molecular flexibility index (Phi) is 2.23. The molecule has 1 heterocycles. The lowest BCUT2D eigenvalue weighted by molar-refractivity contribution is -0.138. The molecule has 1 aromatic carbocycles. The molecule has 1 aliphatic rings. The number of carbonyl (C=O) groups is 3. The second-order valence-electron chi connectivity index (χ2n) is 3.62. The number of urea groups is 1. The zero-order valence-corrected chi connectivity index (χ0v) is 8.93. The number of benzene rings is 1. The van der Waals surface area contributed by atoms with Gasteiger partial charge >= 0.3 is 17.8 Å². The topological polar surface area (TPSA) is 57.7 Å². The Balaban J connectivity index is 2.42. The van der Waals surface area contributed by atoms with Crippen molar-refractivity contribution in [3.8, 4) is 0 Å². The summed E-state index contributed by atoms with van der Waals surface area (Å²) in [5.41, 5.74) is 1.43. The Morgan fingerprint density at radius 2 is 1.50 bits per heavy atom. The summed E-state index contributed by atoms with van der Waals surface area (Å²) in [6, 6.07) is 6.21. The molecule has 1 aliphatic heterocycles. The number of hydrogen-bond acceptors (Lipinski definition) is 3. The van der Waals surface area contributed by atoms with Gasteiger partial charge in [-0.25, -0.2) is 9.69 Å². The third-order valence-electron chi connectivity index (χ3n) is 2.46. The van der Waals surface area contributed by atoms with Crippen molar-refractivity contribution >= 4 is 23.5 Å². The van der Waals surface area contributed by atoms with E-state index in [9.17, 15) is 14.4 Å². The van der Waals surface area contributed by atoms with Gasteiger partial charge in [0.25, 0.3) is 0 Å². The molecular weight excluding hydrogens is 208 g/mol. The Morgan fingerprint density at radius 3 is 1.94 bits per heavy atom. The third kappa shape index (κ3) is 1.37. The van der Waals surface area contributed by atoms with Crippen LogP contribution in [0, 0.1) is 6.92 Å². The monoisotopic (exact) mass is 218 g/mol. The van der Waals surface area contributed by atoms with Gasteiger partial charge in [-0.3, -0.25) is 14.5 Å². The fourth-order valence-corrected chi connectivity index (χ4v) is 1.48. The summed E-state index contributed by atoms with van der Waals surface area (Å²) in [6.45, 7) is 1.90. The van der Waals surface area contributed by atoms with Crippen LogP contribution in [0.25, 0.3) is 0 Å². The first-order valence-electron chi connectivity index (χ1n) is 4.75. The lowest BCUT2D eigenvalue weighted by atomic mass is 10.2. The molecule has 0 aromatic heterocycles. The van der Waals surface area contributed by atoms with Crippen molar-refractivity contribution in [1.29, 1.82) is 0 Å². The minimum absolute atomic E-state index is 0.415. The van der Waals surface area contributed by atoms with E-state index in [4.69, 9.17) is 0 Å². The summed E-state index contributed by atoms with van der Waals surface area (Å²) in [6.07, 6.45) is 0. The van der Waals surface area contributed by atoms with Crippen molar-refractivity contribution in [3.63, 3.8) is 0 Å². The van der Waals surface area contributed by atoms with Crippen molar-refractivity contribution in [2.45, 2.75) is 6.92 Å². The number of aryl methyl sites for hydroxylation is 1. The van der Waals surface area contributed by atoms with Crippen molar-refractivity contribution in [3.05, 3.63) is 29.8 Å². The molecule has 0 saturated carbocycles. The number of amides is 4. The molecule has 0 aliphatic carbocycles. The summed E-state index contributed by atoms with van der Waals surface area (Å²) < 4.78 is 0. The predicted octanol–water partition coefficient (Wildman–Crippen LogP) is 0.920. The maximum Gasteiger partial charge on any atom is 0.338 e. The lowest BCUT2D eigenvalue weighted by Crippen LogP contribution is -2.31. The van der Waals surface area contributed by atoms with Crippen molar-refractivity contribution < 1.29 is 14.4 Å². The number of carbonyl (C=O) groups excluding carboxylic acids is 3. The average molecular weight is 218 g/mol. The number of anilines is 1. The van der Waals surface area contributed by atoms with Crippen LogP contribution < -0.4 is 4.90 Å². The van der Waals surface area contributed by atoms with E-state index in [-0.39, 0.29) is 0 Å². The zero-order chi connectivity index (χ0) is 11.9. The van der Waals surface area contributed by atoms with E-state index < -0.39 is 17.8 Å². The number of rotatable bonds is 1. The fraction of sp³-hybridized carbons (Fsp3) is 0.182. The van der Waals surface area contributed by atoms with Crippen LogP contribution in [0.2, 0.25) is 0 Å². The molecule has 5 nitrogen and oxygen atoms in total. The maximum atomic E-state index is 11.6.